The van der Waals surface area contributed by atoms with E-state index in [1.54, 1.807) is 4.98 Å². The van der Waals surface area contributed by atoms with Crippen LogP contribution in [0.4, 0.5) is 23.2 Å². The maximum absolute atomic E-state index is 13.5. The Balaban J connectivity index is 3.12. The lowest BCUT2D eigenvalue weighted by Crippen LogP contribution is -2.37. The molecule has 0 fully saturated rings. The molecule has 5 N–H and O–H groups in total. The molecule has 0 spiro atoms. The highest BCUT2D eigenvalue weighted by molar-refractivity contribution is 6.75. The van der Waals surface area contributed by atoms with Crippen molar-refractivity contribution in [2.45, 2.75) is 0 Å². The lowest BCUT2D eigenvalue weighted by Gasteiger charge is -2.22. The first kappa shape index (κ1) is 18.0. The quantitative estimate of drug-likeness (QED) is 0.479. The first-order valence-corrected chi connectivity index (χ1v) is 6.47. The molecular formula is C13H8BF4N2O5-. The van der Waals surface area contributed by atoms with Gasteiger partial charge in [0.15, 0.2) is 0 Å². The molecule has 2 rings (SSSR count). The number of aromatic nitrogens is 1. The van der Waals surface area contributed by atoms with Crippen molar-refractivity contribution in [2.75, 3.05) is 5.73 Å². The summed E-state index contributed by atoms with van der Waals surface area (Å²) in [5.74, 6) is -5.94. The third kappa shape index (κ3) is 3.18. The van der Waals surface area contributed by atoms with Gasteiger partial charge in [-0.05, 0) is 17.7 Å². The van der Waals surface area contributed by atoms with Gasteiger partial charge in [-0.15, -0.1) is 5.46 Å². The zero-order valence-corrected chi connectivity index (χ0v) is 12.0. The van der Waals surface area contributed by atoms with E-state index in [2.05, 4.69) is 0 Å². The van der Waals surface area contributed by atoms with Crippen LogP contribution >= 0.6 is 0 Å². The molecule has 0 amide bonds. The second kappa shape index (κ2) is 5.96. The van der Waals surface area contributed by atoms with E-state index in [-0.39, 0.29) is 0 Å². The number of carboxylic acid groups (broad SMARTS) is 2. The zero-order valence-electron chi connectivity index (χ0n) is 12.0. The van der Waals surface area contributed by atoms with Crippen molar-refractivity contribution < 1.29 is 37.1 Å². The average Bonchev–Trinajstić information content (AvgIpc) is 2.43. The van der Waals surface area contributed by atoms with Crippen LogP contribution in [0.2, 0.25) is 0 Å². The number of aromatic carboxylic acids is 2. The van der Waals surface area contributed by atoms with Gasteiger partial charge >= 0.3 is 18.9 Å². The number of rotatable bonds is 4. The Bertz CT molecular complexity index is 955. The second-order valence-electron chi connectivity index (χ2n) is 4.91. The van der Waals surface area contributed by atoms with Crippen molar-refractivity contribution in [3.8, 4) is 11.1 Å². The van der Waals surface area contributed by atoms with Crippen molar-refractivity contribution in [2.24, 2.45) is 0 Å². The molecule has 0 bridgehead atoms. The Morgan fingerprint density at radius 1 is 1.08 bits per heavy atom. The number of carboxylic acids is 2. The van der Waals surface area contributed by atoms with Gasteiger partial charge in [0, 0.05) is 5.56 Å². The Morgan fingerprint density at radius 2 is 1.64 bits per heavy atom. The summed E-state index contributed by atoms with van der Waals surface area (Å²) in [6.45, 7) is -5.78. The van der Waals surface area contributed by atoms with Gasteiger partial charge in [0.05, 0.1) is 0 Å². The topological polar surface area (TPSA) is 133 Å². The van der Waals surface area contributed by atoms with Crippen molar-refractivity contribution in [1.29, 1.82) is 0 Å². The van der Waals surface area contributed by atoms with Crippen LogP contribution in [-0.2, 0) is 0 Å². The van der Waals surface area contributed by atoms with E-state index in [1.165, 1.54) is 0 Å². The van der Waals surface area contributed by atoms with Gasteiger partial charge in [-0.3, -0.25) is 4.79 Å². The van der Waals surface area contributed by atoms with E-state index in [0.29, 0.717) is 18.2 Å². The van der Waals surface area contributed by atoms with Gasteiger partial charge in [0.25, 0.3) is 5.56 Å². The number of nitrogens with one attached hydrogen (secondary N) is 1. The van der Waals surface area contributed by atoms with Gasteiger partial charge in [-0.25, -0.2) is 14.0 Å². The minimum Gasteiger partial charge on any atom is -0.478 e. The summed E-state index contributed by atoms with van der Waals surface area (Å²) < 4.78 is 53.3. The molecular weight excluding hydrogens is 351 g/mol. The van der Waals surface area contributed by atoms with Crippen LogP contribution in [0.3, 0.4) is 0 Å². The SMILES string of the molecule is Nc1[nH]c(=O)c(C(=O)O)c(-c2cc(F)ccc2[B-](F)(F)F)c1C(=O)O. The van der Waals surface area contributed by atoms with Crippen LogP contribution in [0.15, 0.2) is 23.0 Å². The summed E-state index contributed by atoms with van der Waals surface area (Å²) in [4.78, 5) is 36.3. The van der Waals surface area contributed by atoms with Gasteiger partial charge in [0.2, 0.25) is 0 Å². The van der Waals surface area contributed by atoms with Gasteiger partial charge < -0.3 is 33.9 Å². The van der Waals surface area contributed by atoms with E-state index in [9.17, 15) is 36.8 Å². The van der Waals surface area contributed by atoms with E-state index in [1.807, 2.05) is 0 Å². The van der Waals surface area contributed by atoms with Gasteiger partial charge in [-0.2, -0.15) is 0 Å². The predicted molar refractivity (Wildman–Crippen MR) is 79.5 cm³/mol. The van der Waals surface area contributed by atoms with Gasteiger partial charge in [0.1, 0.15) is 22.8 Å². The van der Waals surface area contributed by atoms with Crippen LogP contribution < -0.4 is 16.8 Å². The Morgan fingerprint density at radius 3 is 2.12 bits per heavy atom. The number of hydrogen-bond donors (Lipinski definition) is 4. The lowest BCUT2D eigenvalue weighted by molar-refractivity contribution is 0.0695. The molecule has 1 aromatic carbocycles. The number of halogens is 4. The highest BCUT2D eigenvalue weighted by Gasteiger charge is 2.34. The smallest absolute Gasteiger partial charge is 0.478 e. The fourth-order valence-electron chi connectivity index (χ4n) is 2.35. The number of aromatic amines is 1. The molecule has 0 aliphatic heterocycles. The largest absolute Gasteiger partial charge is 0.510 e. The van der Waals surface area contributed by atoms with Crippen LogP contribution in [0.1, 0.15) is 20.7 Å². The molecule has 7 nitrogen and oxygen atoms in total. The average molecular weight is 359 g/mol. The Kier molecular flexibility index (Phi) is 4.30. The predicted octanol–water partition coefficient (Wildman–Crippen LogP) is 1.21. The number of carbonyl (C=O) groups is 2. The monoisotopic (exact) mass is 359 g/mol. The minimum absolute atomic E-state index is 0.303. The van der Waals surface area contributed by atoms with E-state index >= 15 is 0 Å². The fourth-order valence-corrected chi connectivity index (χ4v) is 2.35. The summed E-state index contributed by atoms with van der Waals surface area (Å²) in [6, 6.07) is 1.11. The summed E-state index contributed by atoms with van der Waals surface area (Å²) in [5.41, 5.74) is -2.14. The maximum Gasteiger partial charge on any atom is 0.510 e. The fraction of sp³-hybridized carbons (Fsp3) is 0. The van der Waals surface area contributed by atoms with Crippen LogP contribution in [-0.4, -0.2) is 34.1 Å². The van der Waals surface area contributed by atoms with E-state index in [4.69, 9.17) is 10.8 Å². The molecule has 0 saturated carbocycles. The van der Waals surface area contributed by atoms with Crippen molar-refractivity contribution >= 4 is 30.2 Å². The van der Waals surface area contributed by atoms with E-state index < -0.39 is 63.8 Å². The molecule has 132 valence electrons. The number of benzene rings is 1. The number of pyridine rings is 1. The molecule has 0 radical (unpaired) electrons. The Labute approximate surface area is 135 Å². The molecule has 0 aliphatic rings. The summed E-state index contributed by atoms with van der Waals surface area (Å²) in [7, 11) is 0. The molecule has 0 aliphatic carbocycles. The number of hydrogen-bond acceptors (Lipinski definition) is 4. The molecule has 1 heterocycles. The standard InChI is InChI=1S/C13H8BF4N2O5/c15-4-1-2-6(14(16,17)18)5(3-4)7-8(12(22)23)10(19)20-11(21)9(7)13(24)25/h1-3H,(H,22,23)(H,24,25)(H3,19,20,21)/q-1. The molecule has 12 heteroatoms. The first-order valence-electron chi connectivity index (χ1n) is 6.47. The number of anilines is 1. The molecule has 1 aromatic heterocycles. The summed E-state index contributed by atoms with van der Waals surface area (Å²) in [6.07, 6.45) is 0. The molecule has 0 unspecified atom stereocenters. The highest BCUT2D eigenvalue weighted by Crippen LogP contribution is 2.30. The normalized spacial score (nSPS) is 11.4. The molecule has 0 saturated heterocycles. The number of nitrogens with two attached hydrogens (primary N) is 1. The lowest BCUT2D eigenvalue weighted by atomic mass is 9.74. The van der Waals surface area contributed by atoms with Crippen molar-refractivity contribution in [3.63, 3.8) is 0 Å². The van der Waals surface area contributed by atoms with Gasteiger partial charge in [-0.1, -0.05) is 6.07 Å². The zero-order chi connectivity index (χ0) is 19.1. The number of H-pyrrole nitrogens is 1. The Hall–Kier alpha value is -3.31. The number of nitrogen functional groups attached to an aromatic ring is 1. The minimum atomic E-state index is -5.78. The highest BCUT2D eigenvalue weighted by atomic mass is 19.4. The van der Waals surface area contributed by atoms with E-state index in [0.717, 1.165) is 0 Å². The van der Waals surface area contributed by atoms with Crippen molar-refractivity contribution in [3.05, 3.63) is 45.5 Å². The second-order valence-corrected chi connectivity index (χ2v) is 4.91. The van der Waals surface area contributed by atoms with Crippen LogP contribution in [0.25, 0.3) is 11.1 Å². The molecule has 25 heavy (non-hydrogen) atoms. The van der Waals surface area contributed by atoms with Crippen LogP contribution in [0, 0.1) is 5.82 Å². The van der Waals surface area contributed by atoms with Crippen molar-refractivity contribution in [1.82, 2.24) is 4.98 Å². The summed E-state index contributed by atoms with van der Waals surface area (Å²) >= 11 is 0. The third-order valence-corrected chi connectivity index (χ3v) is 3.31. The molecule has 2 aromatic rings. The molecule has 0 atom stereocenters. The van der Waals surface area contributed by atoms with Crippen LogP contribution in [0.5, 0.6) is 0 Å². The third-order valence-electron chi connectivity index (χ3n) is 3.31. The first-order chi connectivity index (χ1) is 11.4. The summed E-state index contributed by atoms with van der Waals surface area (Å²) in [5, 5.41) is 18.3. The maximum atomic E-state index is 13.5.